The summed E-state index contributed by atoms with van der Waals surface area (Å²) in [5.74, 6) is 0.0212. The van der Waals surface area contributed by atoms with E-state index in [0.717, 1.165) is 51.2 Å². The molecule has 3 N–H and O–H groups in total. The van der Waals surface area contributed by atoms with Crippen molar-refractivity contribution in [1.29, 1.82) is 0 Å². The van der Waals surface area contributed by atoms with Crippen molar-refractivity contribution < 1.29 is 19.1 Å². The number of carbonyl (C=O) groups is 3. The van der Waals surface area contributed by atoms with Gasteiger partial charge in [0.15, 0.2) is 5.72 Å². The van der Waals surface area contributed by atoms with Crippen LogP contribution in [0.4, 0.5) is 4.79 Å². The zero-order chi connectivity index (χ0) is 19.3. The quantitative estimate of drug-likeness (QED) is 0.440. The maximum Gasteiger partial charge on any atom is 0.409 e. The van der Waals surface area contributed by atoms with Crippen molar-refractivity contribution >= 4 is 18.3 Å². The summed E-state index contributed by atoms with van der Waals surface area (Å²) in [5.41, 5.74) is 4.63. The molecule has 0 aromatic heterocycles. The Hall–Kier alpha value is -1.63. The van der Waals surface area contributed by atoms with Crippen molar-refractivity contribution in [3.05, 3.63) is 0 Å². The van der Waals surface area contributed by atoms with Crippen LogP contribution in [-0.2, 0) is 14.3 Å². The molecule has 2 aliphatic rings. The maximum atomic E-state index is 13.2. The van der Waals surface area contributed by atoms with Gasteiger partial charge in [0, 0.05) is 6.54 Å². The Balaban J connectivity index is 2.17. The number of ether oxygens (including phenoxy) is 1. The number of hydrogen-bond donors (Lipinski definition) is 2. The molecule has 2 amide bonds. The van der Waals surface area contributed by atoms with E-state index in [1.807, 2.05) is 6.92 Å². The molecule has 1 aliphatic carbocycles. The molecule has 1 saturated carbocycles. The van der Waals surface area contributed by atoms with Crippen molar-refractivity contribution in [3.8, 4) is 0 Å². The van der Waals surface area contributed by atoms with Gasteiger partial charge in [-0.15, -0.1) is 0 Å². The van der Waals surface area contributed by atoms with Crippen LogP contribution in [0.3, 0.4) is 0 Å². The summed E-state index contributed by atoms with van der Waals surface area (Å²) in [5, 5.41) is 2.76. The van der Waals surface area contributed by atoms with Crippen LogP contribution in [0.1, 0.15) is 65.7 Å². The fourth-order valence-corrected chi connectivity index (χ4v) is 4.03. The highest BCUT2D eigenvalue weighted by Crippen LogP contribution is 2.29. The van der Waals surface area contributed by atoms with Gasteiger partial charge >= 0.3 is 6.09 Å². The summed E-state index contributed by atoms with van der Waals surface area (Å²) in [7, 11) is 0. The lowest BCUT2D eigenvalue weighted by Crippen LogP contribution is -2.55. The van der Waals surface area contributed by atoms with E-state index >= 15 is 0 Å². The molecule has 26 heavy (non-hydrogen) atoms. The first-order valence-electron chi connectivity index (χ1n) is 9.77. The minimum atomic E-state index is -1.12. The predicted octanol–water partition coefficient (Wildman–Crippen LogP) is 2.18. The second-order valence-corrected chi connectivity index (χ2v) is 8.29. The van der Waals surface area contributed by atoms with Crippen LogP contribution in [0.25, 0.3) is 0 Å². The van der Waals surface area contributed by atoms with Crippen LogP contribution < -0.4 is 11.1 Å². The zero-order valence-corrected chi connectivity index (χ0v) is 16.2. The number of nitrogens with zero attached hydrogens (tertiary/aromatic N) is 1. The van der Waals surface area contributed by atoms with E-state index in [1.54, 1.807) is 18.7 Å². The Bertz CT molecular complexity index is 509. The van der Waals surface area contributed by atoms with Crippen LogP contribution >= 0.6 is 0 Å². The standard InChI is InChI=1S/C19H33N3O4/c1-13-10-11-22(15(13)12-23)17(24)16(14-8-6-4-5-7-9-14)21-18(25)26-19(2,3)20/h12-16H,4-11,20H2,1-3H3,(H,21,25)/t13-,15?,16?/m0/s1. The molecular formula is C19H33N3O4. The third-order valence-electron chi connectivity index (χ3n) is 5.46. The number of hydrogen-bond acceptors (Lipinski definition) is 5. The highest BCUT2D eigenvalue weighted by atomic mass is 16.6. The molecule has 1 aliphatic heterocycles. The van der Waals surface area contributed by atoms with Crippen LogP contribution in [-0.4, -0.2) is 47.5 Å². The van der Waals surface area contributed by atoms with Crippen molar-refractivity contribution in [2.24, 2.45) is 17.6 Å². The summed E-state index contributed by atoms with van der Waals surface area (Å²) in [6.45, 7) is 5.69. The Labute approximate surface area is 156 Å². The molecule has 0 radical (unpaired) electrons. The lowest BCUT2D eigenvalue weighted by molar-refractivity contribution is -0.138. The van der Waals surface area contributed by atoms with Crippen molar-refractivity contribution in [3.63, 3.8) is 0 Å². The normalized spacial score (nSPS) is 26.1. The number of aldehydes is 1. The van der Waals surface area contributed by atoms with Crippen LogP contribution in [0.5, 0.6) is 0 Å². The first-order valence-corrected chi connectivity index (χ1v) is 9.77. The monoisotopic (exact) mass is 367 g/mol. The van der Waals surface area contributed by atoms with Gasteiger partial charge in [-0.1, -0.05) is 32.6 Å². The lowest BCUT2D eigenvalue weighted by Gasteiger charge is -2.32. The SMILES string of the molecule is C[C@H]1CCN(C(=O)C(NC(=O)OC(C)(C)N)C2CCCCCC2)C1C=O. The molecular weight excluding hydrogens is 334 g/mol. The van der Waals surface area contributed by atoms with E-state index in [-0.39, 0.29) is 17.7 Å². The van der Waals surface area contributed by atoms with Gasteiger partial charge < -0.3 is 19.7 Å². The lowest BCUT2D eigenvalue weighted by atomic mass is 9.90. The molecule has 2 rings (SSSR count). The number of nitrogens with one attached hydrogen (secondary N) is 1. The second kappa shape index (κ2) is 8.84. The number of likely N-dealkylation sites (tertiary alicyclic amines) is 1. The van der Waals surface area contributed by atoms with E-state index in [1.165, 1.54) is 0 Å². The summed E-state index contributed by atoms with van der Waals surface area (Å²) in [6.07, 6.45) is 7.12. The van der Waals surface area contributed by atoms with Gasteiger partial charge in [-0.3, -0.25) is 10.5 Å². The van der Waals surface area contributed by atoms with E-state index in [0.29, 0.717) is 6.54 Å². The smallest absolute Gasteiger partial charge is 0.409 e. The van der Waals surface area contributed by atoms with E-state index in [9.17, 15) is 14.4 Å². The number of rotatable bonds is 5. The minimum Gasteiger partial charge on any atom is -0.429 e. The molecule has 2 unspecified atom stereocenters. The number of nitrogens with two attached hydrogens (primary N) is 1. The average molecular weight is 367 g/mol. The number of carbonyl (C=O) groups excluding carboxylic acids is 3. The van der Waals surface area contributed by atoms with Crippen LogP contribution in [0.2, 0.25) is 0 Å². The molecule has 0 bridgehead atoms. The van der Waals surface area contributed by atoms with E-state index in [2.05, 4.69) is 5.32 Å². The average Bonchev–Trinajstić information content (AvgIpc) is 2.75. The van der Waals surface area contributed by atoms with Gasteiger partial charge in [0.2, 0.25) is 5.91 Å². The van der Waals surface area contributed by atoms with Gasteiger partial charge in [-0.25, -0.2) is 4.79 Å². The first-order chi connectivity index (χ1) is 12.2. The number of amides is 2. The van der Waals surface area contributed by atoms with Gasteiger partial charge in [0.05, 0.1) is 6.04 Å². The molecule has 7 nitrogen and oxygen atoms in total. The number of alkyl carbamates (subject to hydrolysis) is 1. The zero-order valence-electron chi connectivity index (χ0n) is 16.2. The second-order valence-electron chi connectivity index (χ2n) is 8.29. The van der Waals surface area contributed by atoms with Crippen molar-refractivity contribution in [1.82, 2.24) is 10.2 Å². The topological polar surface area (TPSA) is 102 Å². The largest absolute Gasteiger partial charge is 0.429 e. The van der Waals surface area contributed by atoms with Crippen LogP contribution in [0, 0.1) is 11.8 Å². The Morgan fingerprint density at radius 3 is 2.35 bits per heavy atom. The molecule has 0 aromatic rings. The van der Waals surface area contributed by atoms with E-state index in [4.69, 9.17) is 10.5 Å². The summed E-state index contributed by atoms with van der Waals surface area (Å²) in [6, 6.07) is -1.09. The maximum absolute atomic E-state index is 13.2. The van der Waals surface area contributed by atoms with Crippen molar-refractivity contribution in [2.45, 2.75) is 83.5 Å². The molecule has 2 fully saturated rings. The minimum absolute atomic E-state index is 0.0571. The van der Waals surface area contributed by atoms with Crippen molar-refractivity contribution in [2.75, 3.05) is 6.54 Å². The Morgan fingerprint density at radius 2 is 1.81 bits per heavy atom. The van der Waals surface area contributed by atoms with Gasteiger partial charge in [-0.2, -0.15) is 0 Å². The molecule has 148 valence electrons. The van der Waals surface area contributed by atoms with E-state index < -0.39 is 23.9 Å². The van der Waals surface area contributed by atoms with Gasteiger partial charge in [-0.05, 0) is 44.9 Å². The summed E-state index contributed by atoms with van der Waals surface area (Å²) >= 11 is 0. The highest BCUT2D eigenvalue weighted by Gasteiger charge is 2.40. The van der Waals surface area contributed by atoms with Gasteiger partial charge in [0.1, 0.15) is 12.3 Å². The third-order valence-corrected chi connectivity index (χ3v) is 5.46. The highest BCUT2D eigenvalue weighted by molar-refractivity contribution is 5.88. The molecule has 3 atom stereocenters. The molecule has 0 spiro atoms. The fourth-order valence-electron chi connectivity index (χ4n) is 4.03. The van der Waals surface area contributed by atoms with Gasteiger partial charge in [0.25, 0.3) is 0 Å². The molecule has 7 heteroatoms. The Morgan fingerprint density at radius 1 is 1.19 bits per heavy atom. The molecule has 0 aromatic carbocycles. The fraction of sp³-hybridized carbons (Fsp3) is 0.842. The molecule has 1 saturated heterocycles. The summed E-state index contributed by atoms with van der Waals surface area (Å²) in [4.78, 5) is 38.6. The summed E-state index contributed by atoms with van der Waals surface area (Å²) < 4.78 is 5.16. The molecule has 1 heterocycles. The van der Waals surface area contributed by atoms with Crippen LogP contribution in [0.15, 0.2) is 0 Å². The first kappa shape index (κ1) is 20.7. The predicted molar refractivity (Wildman–Crippen MR) is 98.2 cm³/mol. The Kier molecular flexibility index (Phi) is 7.03. The third kappa shape index (κ3) is 5.43.